The molecule has 1 N–H and O–H groups in total. The van der Waals surface area contributed by atoms with Gasteiger partial charge in [-0.05, 0) is 25.5 Å². The van der Waals surface area contributed by atoms with Gasteiger partial charge >= 0.3 is 0 Å². The number of rotatable bonds is 3. The first-order valence-corrected chi connectivity index (χ1v) is 4.77. The molecule has 5 nitrogen and oxygen atoms in total. The van der Waals surface area contributed by atoms with Crippen molar-refractivity contribution < 1.29 is 4.79 Å². The van der Waals surface area contributed by atoms with Gasteiger partial charge in [-0.3, -0.25) is 4.79 Å². The summed E-state index contributed by atoms with van der Waals surface area (Å²) in [5.41, 5.74) is 1.01. The lowest BCUT2D eigenvalue weighted by Crippen LogP contribution is -2.36. The summed E-state index contributed by atoms with van der Waals surface area (Å²) in [5.74, 6) is 0.635. The van der Waals surface area contributed by atoms with E-state index in [1.54, 1.807) is 32.1 Å². The highest BCUT2D eigenvalue weighted by Crippen LogP contribution is 2.05. The predicted molar refractivity (Wildman–Crippen MR) is 58.5 cm³/mol. The van der Waals surface area contributed by atoms with Gasteiger partial charge in [-0.1, -0.05) is 0 Å². The van der Waals surface area contributed by atoms with E-state index in [-0.39, 0.29) is 11.9 Å². The maximum Gasteiger partial charge on any atom is 0.244 e. The van der Waals surface area contributed by atoms with Crippen LogP contribution < -0.4 is 5.32 Å². The summed E-state index contributed by atoms with van der Waals surface area (Å²) >= 11 is 0. The number of hydrogen-bond acceptors (Lipinski definition) is 4. The third-order valence-corrected chi connectivity index (χ3v) is 1.97. The Labute approximate surface area is 89.5 Å². The topological polar surface area (TPSA) is 58.1 Å². The monoisotopic (exact) mass is 208 g/mol. The average Bonchev–Trinajstić information content (AvgIpc) is 2.16. The molecule has 0 aromatic carbocycles. The minimum Gasteiger partial charge on any atom is -0.357 e. The lowest BCUT2D eigenvalue weighted by molar-refractivity contribution is -0.129. The molecule has 82 valence electrons. The zero-order chi connectivity index (χ0) is 11.4. The van der Waals surface area contributed by atoms with Gasteiger partial charge in [0.15, 0.2) is 0 Å². The van der Waals surface area contributed by atoms with Crippen LogP contribution in [0.1, 0.15) is 12.5 Å². The molecule has 1 amide bonds. The largest absolute Gasteiger partial charge is 0.357 e. The first-order valence-electron chi connectivity index (χ1n) is 4.77. The van der Waals surface area contributed by atoms with E-state index in [9.17, 15) is 4.79 Å². The van der Waals surface area contributed by atoms with Crippen LogP contribution in [0.25, 0.3) is 0 Å². The second-order valence-corrected chi connectivity index (χ2v) is 3.72. The fraction of sp³-hybridized carbons (Fsp3) is 0.500. The summed E-state index contributed by atoms with van der Waals surface area (Å²) in [6.07, 6.45) is 1.67. The minimum absolute atomic E-state index is 0.0123. The molecule has 1 atom stereocenters. The lowest BCUT2D eigenvalue weighted by Gasteiger charge is -2.18. The predicted octanol–water partition coefficient (Wildman–Crippen LogP) is 0.674. The number of anilines is 1. The summed E-state index contributed by atoms with van der Waals surface area (Å²) in [6.45, 7) is 3.73. The van der Waals surface area contributed by atoms with Crippen molar-refractivity contribution in [2.45, 2.75) is 19.9 Å². The molecule has 0 saturated carbocycles. The molecule has 0 radical (unpaired) electrons. The number of nitrogens with one attached hydrogen (secondary N) is 1. The number of carbonyl (C=O) groups excluding carboxylic acids is 1. The van der Waals surface area contributed by atoms with E-state index in [0.29, 0.717) is 5.82 Å². The minimum atomic E-state index is -0.295. The number of hydrogen-bond donors (Lipinski definition) is 1. The van der Waals surface area contributed by atoms with Crippen molar-refractivity contribution in [3.63, 3.8) is 0 Å². The summed E-state index contributed by atoms with van der Waals surface area (Å²) in [5, 5.41) is 10.7. The molecular weight excluding hydrogens is 192 g/mol. The van der Waals surface area contributed by atoms with Gasteiger partial charge in [0.2, 0.25) is 5.91 Å². The van der Waals surface area contributed by atoms with Gasteiger partial charge in [-0.2, -0.15) is 5.10 Å². The van der Waals surface area contributed by atoms with Crippen molar-refractivity contribution in [2.24, 2.45) is 0 Å². The number of amides is 1. The fourth-order valence-electron chi connectivity index (χ4n) is 1.21. The molecule has 0 fully saturated rings. The van der Waals surface area contributed by atoms with Crippen LogP contribution >= 0.6 is 0 Å². The van der Waals surface area contributed by atoms with Crippen LogP contribution in [0.5, 0.6) is 0 Å². The molecule has 0 aliphatic rings. The smallest absolute Gasteiger partial charge is 0.244 e. The van der Waals surface area contributed by atoms with Crippen LogP contribution in [-0.4, -0.2) is 41.1 Å². The molecule has 1 aromatic rings. The Kier molecular flexibility index (Phi) is 3.60. The highest BCUT2D eigenvalue weighted by molar-refractivity contribution is 5.83. The Morgan fingerprint density at radius 2 is 2.20 bits per heavy atom. The Balaban J connectivity index is 2.66. The van der Waals surface area contributed by atoms with Crippen molar-refractivity contribution in [3.05, 3.63) is 17.8 Å². The van der Waals surface area contributed by atoms with E-state index in [4.69, 9.17) is 0 Å². The highest BCUT2D eigenvalue weighted by atomic mass is 16.2. The summed E-state index contributed by atoms with van der Waals surface area (Å²) in [6, 6.07) is 1.56. The summed E-state index contributed by atoms with van der Waals surface area (Å²) < 4.78 is 0. The van der Waals surface area contributed by atoms with E-state index in [1.165, 1.54) is 0 Å². The third-order valence-electron chi connectivity index (χ3n) is 1.97. The maximum atomic E-state index is 11.5. The van der Waals surface area contributed by atoms with E-state index >= 15 is 0 Å². The van der Waals surface area contributed by atoms with Crippen LogP contribution in [0, 0.1) is 6.92 Å². The molecular formula is C10H16N4O. The molecule has 0 bridgehead atoms. The van der Waals surface area contributed by atoms with Crippen molar-refractivity contribution in [1.82, 2.24) is 15.1 Å². The zero-order valence-electron chi connectivity index (χ0n) is 9.48. The third kappa shape index (κ3) is 3.19. The van der Waals surface area contributed by atoms with Gasteiger partial charge in [0.1, 0.15) is 11.9 Å². The first kappa shape index (κ1) is 11.4. The normalized spacial score (nSPS) is 12.0. The molecule has 0 saturated heterocycles. The Bertz CT molecular complexity index is 351. The van der Waals surface area contributed by atoms with E-state index in [1.807, 2.05) is 13.0 Å². The molecule has 0 aliphatic heterocycles. The molecule has 1 rings (SSSR count). The highest BCUT2D eigenvalue weighted by Gasteiger charge is 2.14. The molecule has 1 heterocycles. The number of aromatic nitrogens is 2. The second-order valence-electron chi connectivity index (χ2n) is 3.72. The molecule has 0 aliphatic carbocycles. The summed E-state index contributed by atoms with van der Waals surface area (Å²) in [4.78, 5) is 13.1. The van der Waals surface area contributed by atoms with Gasteiger partial charge in [0.25, 0.3) is 0 Å². The van der Waals surface area contributed by atoms with E-state index < -0.39 is 0 Å². The second kappa shape index (κ2) is 4.72. The van der Waals surface area contributed by atoms with Gasteiger partial charge < -0.3 is 10.2 Å². The number of nitrogens with zero attached hydrogens (tertiary/aromatic N) is 3. The van der Waals surface area contributed by atoms with Crippen LogP contribution in [0.4, 0.5) is 5.82 Å². The molecule has 1 unspecified atom stereocenters. The summed E-state index contributed by atoms with van der Waals surface area (Å²) in [7, 11) is 3.45. The van der Waals surface area contributed by atoms with Crippen molar-refractivity contribution in [1.29, 1.82) is 0 Å². The molecule has 15 heavy (non-hydrogen) atoms. The van der Waals surface area contributed by atoms with Crippen molar-refractivity contribution in [3.8, 4) is 0 Å². The number of likely N-dealkylation sites (N-methyl/N-ethyl adjacent to an activating group) is 1. The van der Waals surface area contributed by atoms with E-state index in [0.717, 1.165) is 5.56 Å². The van der Waals surface area contributed by atoms with Gasteiger partial charge in [-0.15, -0.1) is 5.10 Å². The van der Waals surface area contributed by atoms with Crippen LogP contribution in [0.15, 0.2) is 12.3 Å². The van der Waals surface area contributed by atoms with Crippen molar-refractivity contribution >= 4 is 11.7 Å². The number of aryl methyl sites for hydroxylation is 1. The quantitative estimate of drug-likeness (QED) is 0.793. The fourth-order valence-corrected chi connectivity index (χ4v) is 1.21. The number of carbonyl (C=O) groups is 1. The standard InChI is InChI=1S/C10H16N4O/c1-7-5-9(13-11-6-7)12-8(2)10(15)14(3)4/h5-6,8H,1-4H3,(H,12,13). The Morgan fingerprint density at radius 1 is 1.53 bits per heavy atom. The zero-order valence-corrected chi connectivity index (χ0v) is 9.48. The molecule has 1 aromatic heterocycles. The Morgan fingerprint density at radius 3 is 2.73 bits per heavy atom. The first-order chi connectivity index (χ1) is 7.00. The van der Waals surface area contributed by atoms with Gasteiger partial charge in [0, 0.05) is 14.1 Å². The van der Waals surface area contributed by atoms with Crippen LogP contribution in [0.2, 0.25) is 0 Å². The van der Waals surface area contributed by atoms with E-state index in [2.05, 4.69) is 15.5 Å². The Hall–Kier alpha value is -1.65. The lowest BCUT2D eigenvalue weighted by atomic mass is 10.3. The van der Waals surface area contributed by atoms with Gasteiger partial charge in [-0.25, -0.2) is 0 Å². The van der Waals surface area contributed by atoms with Crippen LogP contribution in [-0.2, 0) is 4.79 Å². The van der Waals surface area contributed by atoms with Crippen LogP contribution in [0.3, 0.4) is 0 Å². The maximum absolute atomic E-state index is 11.5. The molecule has 0 spiro atoms. The van der Waals surface area contributed by atoms with Crippen molar-refractivity contribution in [2.75, 3.05) is 19.4 Å². The average molecular weight is 208 g/mol. The SMILES string of the molecule is Cc1cnnc(NC(C)C(=O)N(C)C)c1. The molecule has 5 heteroatoms. The van der Waals surface area contributed by atoms with Gasteiger partial charge in [0.05, 0.1) is 6.20 Å².